The Bertz CT molecular complexity index is 857. The van der Waals surface area contributed by atoms with Crippen molar-refractivity contribution in [2.24, 2.45) is 0 Å². The maximum absolute atomic E-state index is 12.3. The molecule has 0 fully saturated rings. The molecular weight excluding hydrogens is 292 g/mol. The molecule has 6 heteroatoms. The van der Waals surface area contributed by atoms with Crippen LogP contribution in [0.4, 0.5) is 0 Å². The SMILES string of the molecule is Cc1ccc(OC(=O)c2ccc(-n3cnnn3)c(C)c2)c(C)c1. The third kappa shape index (κ3) is 3.11. The van der Waals surface area contributed by atoms with Crippen LogP contribution in [-0.2, 0) is 0 Å². The first-order valence-corrected chi connectivity index (χ1v) is 7.18. The lowest BCUT2D eigenvalue weighted by Gasteiger charge is -2.10. The third-order valence-corrected chi connectivity index (χ3v) is 3.56. The molecular formula is C17H16N4O2. The van der Waals surface area contributed by atoms with E-state index in [4.69, 9.17) is 4.74 Å². The Morgan fingerprint density at radius 1 is 1.04 bits per heavy atom. The van der Waals surface area contributed by atoms with Crippen LogP contribution in [-0.4, -0.2) is 26.2 Å². The fraction of sp³-hybridized carbons (Fsp3) is 0.176. The van der Waals surface area contributed by atoms with Gasteiger partial charge in [-0.05, 0) is 66.6 Å². The second kappa shape index (κ2) is 6.00. The van der Waals surface area contributed by atoms with Crippen molar-refractivity contribution >= 4 is 5.97 Å². The fourth-order valence-corrected chi connectivity index (χ4v) is 2.38. The van der Waals surface area contributed by atoms with Crippen LogP contribution in [0, 0.1) is 20.8 Å². The number of benzene rings is 2. The molecule has 3 rings (SSSR count). The number of nitrogens with zero attached hydrogens (tertiary/aromatic N) is 4. The maximum Gasteiger partial charge on any atom is 0.343 e. The minimum absolute atomic E-state index is 0.386. The zero-order chi connectivity index (χ0) is 16.4. The van der Waals surface area contributed by atoms with Gasteiger partial charge in [-0.15, -0.1) is 5.10 Å². The number of carbonyl (C=O) groups excluding carboxylic acids is 1. The number of hydrogen-bond acceptors (Lipinski definition) is 5. The summed E-state index contributed by atoms with van der Waals surface area (Å²) < 4.78 is 7.04. The van der Waals surface area contributed by atoms with Crippen LogP contribution < -0.4 is 4.74 Å². The molecule has 0 aliphatic rings. The minimum atomic E-state index is -0.386. The molecule has 0 radical (unpaired) electrons. The van der Waals surface area contributed by atoms with Crippen LogP contribution in [0.15, 0.2) is 42.7 Å². The molecule has 116 valence electrons. The van der Waals surface area contributed by atoms with Gasteiger partial charge in [0.15, 0.2) is 0 Å². The van der Waals surface area contributed by atoms with E-state index < -0.39 is 0 Å². The number of ether oxygens (including phenoxy) is 1. The molecule has 0 N–H and O–H groups in total. The average Bonchev–Trinajstić information content (AvgIpc) is 3.04. The summed E-state index contributed by atoms with van der Waals surface area (Å²) in [5, 5.41) is 11.1. The van der Waals surface area contributed by atoms with Gasteiger partial charge in [0, 0.05) is 0 Å². The zero-order valence-corrected chi connectivity index (χ0v) is 13.1. The number of rotatable bonds is 3. The Morgan fingerprint density at radius 2 is 1.87 bits per heavy atom. The summed E-state index contributed by atoms with van der Waals surface area (Å²) in [4.78, 5) is 12.3. The molecule has 0 bridgehead atoms. The summed E-state index contributed by atoms with van der Waals surface area (Å²) in [5.41, 5.74) is 4.24. The fourth-order valence-electron chi connectivity index (χ4n) is 2.38. The molecule has 0 unspecified atom stereocenters. The van der Waals surface area contributed by atoms with Crippen LogP contribution in [0.3, 0.4) is 0 Å². The smallest absolute Gasteiger partial charge is 0.343 e. The van der Waals surface area contributed by atoms with Crippen molar-refractivity contribution in [2.45, 2.75) is 20.8 Å². The highest BCUT2D eigenvalue weighted by molar-refractivity contribution is 5.91. The minimum Gasteiger partial charge on any atom is -0.423 e. The van der Waals surface area contributed by atoms with Crippen molar-refractivity contribution in [1.29, 1.82) is 0 Å². The van der Waals surface area contributed by atoms with Crippen LogP contribution in [0.2, 0.25) is 0 Å². The number of tetrazole rings is 1. The highest BCUT2D eigenvalue weighted by atomic mass is 16.5. The van der Waals surface area contributed by atoms with E-state index >= 15 is 0 Å². The Labute approximate surface area is 133 Å². The van der Waals surface area contributed by atoms with Gasteiger partial charge in [-0.1, -0.05) is 17.7 Å². The van der Waals surface area contributed by atoms with Gasteiger partial charge in [0.2, 0.25) is 0 Å². The van der Waals surface area contributed by atoms with Crippen molar-refractivity contribution in [2.75, 3.05) is 0 Å². The molecule has 2 aromatic carbocycles. The van der Waals surface area contributed by atoms with E-state index in [1.165, 1.54) is 6.33 Å². The summed E-state index contributed by atoms with van der Waals surface area (Å²) in [7, 11) is 0. The van der Waals surface area contributed by atoms with E-state index in [9.17, 15) is 4.79 Å². The Morgan fingerprint density at radius 3 is 2.52 bits per heavy atom. The highest BCUT2D eigenvalue weighted by Crippen LogP contribution is 2.21. The van der Waals surface area contributed by atoms with Crippen LogP contribution in [0.5, 0.6) is 5.75 Å². The second-order valence-electron chi connectivity index (χ2n) is 5.41. The number of aromatic nitrogens is 4. The van der Waals surface area contributed by atoms with E-state index in [1.54, 1.807) is 22.9 Å². The highest BCUT2D eigenvalue weighted by Gasteiger charge is 2.13. The molecule has 0 amide bonds. The monoisotopic (exact) mass is 308 g/mol. The Kier molecular flexibility index (Phi) is 3.89. The van der Waals surface area contributed by atoms with E-state index in [2.05, 4.69) is 15.5 Å². The lowest BCUT2D eigenvalue weighted by atomic mass is 10.1. The summed E-state index contributed by atoms with van der Waals surface area (Å²) in [6.07, 6.45) is 1.51. The zero-order valence-electron chi connectivity index (χ0n) is 13.1. The van der Waals surface area contributed by atoms with E-state index in [-0.39, 0.29) is 5.97 Å². The molecule has 0 aliphatic heterocycles. The van der Waals surface area contributed by atoms with Crippen LogP contribution in [0.25, 0.3) is 5.69 Å². The number of carbonyl (C=O) groups is 1. The van der Waals surface area contributed by atoms with Crippen molar-refractivity contribution in [3.63, 3.8) is 0 Å². The first-order chi connectivity index (χ1) is 11.0. The van der Waals surface area contributed by atoms with E-state index in [0.717, 1.165) is 22.4 Å². The molecule has 23 heavy (non-hydrogen) atoms. The summed E-state index contributed by atoms with van der Waals surface area (Å²) >= 11 is 0. The molecule has 6 nitrogen and oxygen atoms in total. The van der Waals surface area contributed by atoms with Crippen molar-refractivity contribution in [3.05, 3.63) is 65.0 Å². The molecule has 0 spiro atoms. The van der Waals surface area contributed by atoms with Gasteiger partial charge in [-0.2, -0.15) is 0 Å². The van der Waals surface area contributed by atoms with Crippen molar-refractivity contribution in [3.8, 4) is 11.4 Å². The van der Waals surface area contributed by atoms with E-state index in [0.29, 0.717) is 11.3 Å². The number of esters is 1. The van der Waals surface area contributed by atoms with Crippen LogP contribution >= 0.6 is 0 Å². The number of aryl methyl sites for hydroxylation is 3. The van der Waals surface area contributed by atoms with Crippen LogP contribution in [0.1, 0.15) is 27.0 Å². The molecule has 0 aliphatic carbocycles. The summed E-state index contributed by atoms with van der Waals surface area (Å²) in [5.74, 6) is 0.186. The largest absolute Gasteiger partial charge is 0.423 e. The lowest BCUT2D eigenvalue weighted by Crippen LogP contribution is -2.10. The van der Waals surface area contributed by atoms with Gasteiger partial charge >= 0.3 is 5.97 Å². The molecule has 1 aromatic heterocycles. The Balaban J connectivity index is 1.84. The second-order valence-corrected chi connectivity index (χ2v) is 5.41. The van der Waals surface area contributed by atoms with Gasteiger partial charge in [-0.25, -0.2) is 9.48 Å². The number of hydrogen-bond donors (Lipinski definition) is 0. The predicted octanol–water partition coefficient (Wildman–Crippen LogP) is 2.81. The summed E-state index contributed by atoms with van der Waals surface area (Å²) in [6.45, 7) is 5.81. The molecule has 0 saturated carbocycles. The molecule has 3 aromatic rings. The molecule has 0 atom stereocenters. The lowest BCUT2D eigenvalue weighted by molar-refractivity contribution is 0.0733. The Hall–Kier alpha value is -3.02. The van der Waals surface area contributed by atoms with Gasteiger partial charge in [0.1, 0.15) is 12.1 Å². The van der Waals surface area contributed by atoms with Gasteiger partial charge in [0.25, 0.3) is 0 Å². The third-order valence-electron chi connectivity index (χ3n) is 3.56. The topological polar surface area (TPSA) is 69.9 Å². The first kappa shape index (κ1) is 14.9. The van der Waals surface area contributed by atoms with Gasteiger partial charge in [0.05, 0.1) is 11.3 Å². The van der Waals surface area contributed by atoms with E-state index in [1.807, 2.05) is 39.0 Å². The quantitative estimate of drug-likeness (QED) is 0.549. The predicted molar refractivity (Wildman–Crippen MR) is 84.8 cm³/mol. The normalized spacial score (nSPS) is 10.6. The van der Waals surface area contributed by atoms with Gasteiger partial charge in [-0.3, -0.25) is 0 Å². The van der Waals surface area contributed by atoms with Crippen molar-refractivity contribution < 1.29 is 9.53 Å². The first-order valence-electron chi connectivity index (χ1n) is 7.18. The molecule has 1 heterocycles. The average molecular weight is 308 g/mol. The standard InChI is InChI=1S/C17H16N4O2/c1-11-4-7-16(13(3)8-11)23-17(22)14-5-6-15(12(2)9-14)21-10-18-19-20-21/h4-10H,1-3H3. The van der Waals surface area contributed by atoms with Crippen molar-refractivity contribution in [1.82, 2.24) is 20.2 Å². The maximum atomic E-state index is 12.3. The summed E-state index contributed by atoms with van der Waals surface area (Å²) in [6, 6.07) is 11.0. The molecule has 0 saturated heterocycles. The van der Waals surface area contributed by atoms with Gasteiger partial charge < -0.3 is 4.74 Å².